The summed E-state index contributed by atoms with van der Waals surface area (Å²) in [7, 11) is 0. The Morgan fingerprint density at radius 3 is 2.94 bits per heavy atom. The van der Waals surface area contributed by atoms with Crippen molar-refractivity contribution in [2.75, 3.05) is 6.54 Å². The molecule has 1 aromatic rings. The lowest BCUT2D eigenvalue weighted by Crippen LogP contribution is -2.37. The summed E-state index contributed by atoms with van der Waals surface area (Å²) < 4.78 is 0. The molecular formula is C12H18N4O. The zero-order chi connectivity index (χ0) is 11.9. The van der Waals surface area contributed by atoms with Crippen LogP contribution in [0.5, 0.6) is 0 Å². The van der Waals surface area contributed by atoms with Gasteiger partial charge in [0, 0.05) is 12.2 Å². The van der Waals surface area contributed by atoms with Crippen LogP contribution >= 0.6 is 0 Å². The number of aromatic nitrogens is 2. The second-order valence-corrected chi connectivity index (χ2v) is 4.35. The first-order valence-corrected chi connectivity index (χ1v) is 6.11. The third-order valence-corrected chi connectivity index (χ3v) is 3.00. The molecule has 1 aliphatic rings. The first-order valence-electron chi connectivity index (χ1n) is 6.11. The Labute approximate surface area is 101 Å². The maximum absolute atomic E-state index is 11.6. The van der Waals surface area contributed by atoms with Gasteiger partial charge in [-0.2, -0.15) is 10.2 Å². The summed E-state index contributed by atoms with van der Waals surface area (Å²) in [6.07, 6.45) is 6.56. The predicted molar refractivity (Wildman–Crippen MR) is 64.1 cm³/mol. The van der Waals surface area contributed by atoms with Crippen molar-refractivity contribution in [1.29, 1.82) is 0 Å². The van der Waals surface area contributed by atoms with Crippen molar-refractivity contribution < 1.29 is 4.79 Å². The molecule has 0 bridgehead atoms. The zero-order valence-corrected chi connectivity index (χ0v) is 9.85. The first kappa shape index (κ1) is 12.0. The highest BCUT2D eigenvalue weighted by atomic mass is 16.1. The van der Waals surface area contributed by atoms with Crippen molar-refractivity contribution in [3.05, 3.63) is 24.0 Å². The molecule has 0 atom stereocenters. The molecule has 1 aromatic heterocycles. The summed E-state index contributed by atoms with van der Waals surface area (Å²) in [6, 6.07) is 4.18. The molecule has 0 radical (unpaired) electrons. The normalized spacial score (nSPS) is 16.0. The molecule has 1 amide bonds. The summed E-state index contributed by atoms with van der Waals surface area (Å²) in [5.41, 5.74) is 0.779. The van der Waals surface area contributed by atoms with E-state index in [1.165, 1.54) is 25.7 Å². The average Bonchev–Trinajstić information content (AvgIpc) is 2.88. The topological polar surface area (TPSA) is 66.9 Å². The van der Waals surface area contributed by atoms with E-state index in [2.05, 4.69) is 20.8 Å². The molecule has 5 nitrogen and oxygen atoms in total. The van der Waals surface area contributed by atoms with Crippen LogP contribution in [-0.2, 0) is 11.3 Å². The first-order chi connectivity index (χ1) is 8.34. The van der Waals surface area contributed by atoms with Gasteiger partial charge < -0.3 is 10.6 Å². The van der Waals surface area contributed by atoms with Crippen molar-refractivity contribution in [2.45, 2.75) is 38.3 Å². The van der Waals surface area contributed by atoms with E-state index in [4.69, 9.17) is 0 Å². The number of hydrogen-bond acceptors (Lipinski definition) is 4. The molecule has 0 aromatic carbocycles. The largest absolute Gasteiger partial charge is 0.349 e. The standard InChI is InChI=1S/C12H18N4O/c17-12(9-13-10-4-1-2-5-10)14-8-11-6-3-7-15-16-11/h3,6-7,10,13H,1-2,4-5,8-9H2,(H,14,17). The third-order valence-electron chi connectivity index (χ3n) is 3.00. The van der Waals surface area contributed by atoms with E-state index < -0.39 is 0 Å². The van der Waals surface area contributed by atoms with Crippen molar-refractivity contribution in [2.24, 2.45) is 0 Å². The Bertz CT molecular complexity index is 349. The van der Waals surface area contributed by atoms with Gasteiger partial charge in [0.2, 0.25) is 5.91 Å². The molecule has 17 heavy (non-hydrogen) atoms. The summed E-state index contributed by atoms with van der Waals surface area (Å²) in [5, 5.41) is 13.7. The van der Waals surface area contributed by atoms with Gasteiger partial charge in [0.05, 0.1) is 18.8 Å². The molecular weight excluding hydrogens is 216 g/mol. The van der Waals surface area contributed by atoms with E-state index in [0.29, 0.717) is 19.1 Å². The maximum Gasteiger partial charge on any atom is 0.234 e. The summed E-state index contributed by atoms with van der Waals surface area (Å²) >= 11 is 0. The summed E-state index contributed by atoms with van der Waals surface area (Å²) in [6.45, 7) is 0.837. The lowest BCUT2D eigenvalue weighted by molar-refractivity contribution is -0.120. The van der Waals surface area contributed by atoms with E-state index in [1.54, 1.807) is 6.20 Å². The highest BCUT2D eigenvalue weighted by molar-refractivity contribution is 5.77. The van der Waals surface area contributed by atoms with Gasteiger partial charge in [-0.05, 0) is 25.0 Å². The van der Waals surface area contributed by atoms with E-state index in [-0.39, 0.29) is 5.91 Å². The number of amides is 1. The Hall–Kier alpha value is -1.49. The van der Waals surface area contributed by atoms with Crippen LogP contribution in [0, 0.1) is 0 Å². The van der Waals surface area contributed by atoms with Crippen molar-refractivity contribution in [3.63, 3.8) is 0 Å². The molecule has 1 fully saturated rings. The number of carbonyl (C=O) groups is 1. The lowest BCUT2D eigenvalue weighted by atomic mass is 10.2. The van der Waals surface area contributed by atoms with Crippen molar-refractivity contribution in [1.82, 2.24) is 20.8 Å². The van der Waals surface area contributed by atoms with E-state index >= 15 is 0 Å². The van der Waals surface area contributed by atoms with Crippen LogP contribution in [0.2, 0.25) is 0 Å². The van der Waals surface area contributed by atoms with Gasteiger partial charge in [-0.25, -0.2) is 0 Å². The average molecular weight is 234 g/mol. The molecule has 0 aliphatic heterocycles. The monoisotopic (exact) mass is 234 g/mol. The van der Waals surface area contributed by atoms with Crippen LogP contribution in [-0.4, -0.2) is 28.7 Å². The van der Waals surface area contributed by atoms with Crippen LogP contribution in [0.25, 0.3) is 0 Å². The SMILES string of the molecule is O=C(CNC1CCCC1)NCc1cccnn1. The van der Waals surface area contributed by atoms with Crippen LogP contribution in [0.1, 0.15) is 31.4 Å². The molecule has 1 aliphatic carbocycles. The number of carbonyl (C=O) groups excluding carboxylic acids is 1. The minimum atomic E-state index is 0.0163. The van der Waals surface area contributed by atoms with Gasteiger partial charge in [0.1, 0.15) is 0 Å². The van der Waals surface area contributed by atoms with Crippen molar-refractivity contribution >= 4 is 5.91 Å². The fourth-order valence-electron chi connectivity index (χ4n) is 2.05. The molecule has 2 rings (SSSR count). The molecule has 0 saturated heterocycles. The molecule has 5 heteroatoms. The Kier molecular flexibility index (Phi) is 4.44. The van der Waals surface area contributed by atoms with Gasteiger partial charge in [-0.1, -0.05) is 12.8 Å². The predicted octanol–water partition coefficient (Wildman–Crippen LogP) is 0.625. The Morgan fingerprint density at radius 2 is 2.24 bits per heavy atom. The molecule has 2 N–H and O–H groups in total. The molecule has 92 valence electrons. The van der Waals surface area contributed by atoms with Crippen LogP contribution in [0.15, 0.2) is 18.3 Å². The van der Waals surface area contributed by atoms with E-state index in [0.717, 1.165) is 5.69 Å². The number of nitrogens with one attached hydrogen (secondary N) is 2. The minimum Gasteiger partial charge on any atom is -0.349 e. The van der Waals surface area contributed by atoms with E-state index in [9.17, 15) is 4.79 Å². The molecule has 0 unspecified atom stereocenters. The van der Waals surface area contributed by atoms with E-state index in [1.807, 2.05) is 12.1 Å². The minimum absolute atomic E-state index is 0.0163. The Balaban J connectivity index is 1.64. The van der Waals surface area contributed by atoms with Gasteiger partial charge in [0.25, 0.3) is 0 Å². The number of nitrogens with zero attached hydrogens (tertiary/aromatic N) is 2. The smallest absolute Gasteiger partial charge is 0.234 e. The fraction of sp³-hybridized carbons (Fsp3) is 0.583. The highest BCUT2D eigenvalue weighted by Gasteiger charge is 2.14. The second kappa shape index (κ2) is 6.30. The molecule has 1 saturated carbocycles. The van der Waals surface area contributed by atoms with Crippen LogP contribution < -0.4 is 10.6 Å². The third kappa shape index (κ3) is 4.11. The summed E-state index contributed by atoms with van der Waals surface area (Å²) in [5.74, 6) is 0.0163. The van der Waals surface area contributed by atoms with Gasteiger partial charge >= 0.3 is 0 Å². The fourth-order valence-corrected chi connectivity index (χ4v) is 2.05. The number of rotatable bonds is 5. The molecule has 0 spiro atoms. The zero-order valence-electron chi connectivity index (χ0n) is 9.85. The van der Waals surface area contributed by atoms with Gasteiger partial charge in [-0.3, -0.25) is 4.79 Å². The van der Waals surface area contributed by atoms with Crippen LogP contribution in [0.3, 0.4) is 0 Å². The highest BCUT2D eigenvalue weighted by Crippen LogP contribution is 2.17. The molecule has 1 heterocycles. The van der Waals surface area contributed by atoms with Gasteiger partial charge in [-0.15, -0.1) is 0 Å². The Morgan fingerprint density at radius 1 is 1.41 bits per heavy atom. The summed E-state index contributed by atoms with van der Waals surface area (Å²) in [4.78, 5) is 11.6. The quantitative estimate of drug-likeness (QED) is 0.784. The number of hydrogen-bond donors (Lipinski definition) is 2. The van der Waals surface area contributed by atoms with Gasteiger partial charge in [0.15, 0.2) is 0 Å². The maximum atomic E-state index is 11.6. The second-order valence-electron chi connectivity index (χ2n) is 4.35. The lowest BCUT2D eigenvalue weighted by Gasteiger charge is -2.11. The van der Waals surface area contributed by atoms with Crippen LogP contribution in [0.4, 0.5) is 0 Å². The van der Waals surface area contributed by atoms with Crippen molar-refractivity contribution in [3.8, 4) is 0 Å².